The van der Waals surface area contributed by atoms with E-state index in [0.29, 0.717) is 23.0 Å². The largest absolute Gasteiger partial charge is 0.323 e. The number of hydrogen-bond acceptors (Lipinski definition) is 2. The first kappa shape index (κ1) is 18.5. The van der Waals surface area contributed by atoms with Crippen LogP contribution in [0, 0.1) is 13.8 Å². The standard InChI is InChI=1S/C20H19Cl2N3O/c1-13-20(23-19(26)11-15-6-4-3-5-7-15)14(2)25(24-13)12-16-8-9-17(21)18(22)10-16/h3-10H,11-12H2,1-2H3,(H,23,26). The first-order chi connectivity index (χ1) is 12.4. The molecule has 134 valence electrons. The molecule has 0 radical (unpaired) electrons. The summed E-state index contributed by atoms with van der Waals surface area (Å²) in [6, 6.07) is 15.2. The second-order valence-electron chi connectivity index (χ2n) is 6.16. The summed E-state index contributed by atoms with van der Waals surface area (Å²) < 4.78 is 1.85. The number of carbonyl (C=O) groups is 1. The molecule has 0 saturated carbocycles. The molecule has 3 aromatic rings. The topological polar surface area (TPSA) is 46.9 Å². The van der Waals surface area contributed by atoms with Crippen molar-refractivity contribution in [1.29, 1.82) is 0 Å². The predicted octanol–water partition coefficient (Wildman–Crippen LogP) is 5.04. The van der Waals surface area contributed by atoms with Gasteiger partial charge in [-0.2, -0.15) is 5.10 Å². The molecular formula is C20H19Cl2N3O. The fraction of sp³-hybridized carbons (Fsp3) is 0.200. The van der Waals surface area contributed by atoms with E-state index in [1.165, 1.54) is 0 Å². The van der Waals surface area contributed by atoms with Crippen molar-refractivity contribution in [3.05, 3.63) is 81.1 Å². The summed E-state index contributed by atoms with van der Waals surface area (Å²) in [5, 5.41) is 8.57. The van der Waals surface area contributed by atoms with Gasteiger partial charge in [-0.1, -0.05) is 59.6 Å². The lowest BCUT2D eigenvalue weighted by atomic mass is 10.1. The van der Waals surface area contributed by atoms with Crippen LogP contribution in [0.3, 0.4) is 0 Å². The van der Waals surface area contributed by atoms with Crippen LogP contribution in [0.25, 0.3) is 0 Å². The van der Waals surface area contributed by atoms with Crippen LogP contribution in [-0.4, -0.2) is 15.7 Å². The van der Waals surface area contributed by atoms with Crippen molar-refractivity contribution in [2.75, 3.05) is 5.32 Å². The van der Waals surface area contributed by atoms with Crippen molar-refractivity contribution in [2.45, 2.75) is 26.8 Å². The van der Waals surface area contributed by atoms with Gasteiger partial charge in [0.1, 0.15) is 0 Å². The Hall–Kier alpha value is -2.30. The summed E-state index contributed by atoms with van der Waals surface area (Å²) in [5.74, 6) is -0.0588. The van der Waals surface area contributed by atoms with E-state index in [1.807, 2.05) is 61.0 Å². The average molecular weight is 388 g/mol. The molecule has 0 bridgehead atoms. The van der Waals surface area contributed by atoms with Crippen LogP contribution in [0.2, 0.25) is 10.0 Å². The molecule has 4 nitrogen and oxygen atoms in total. The number of amides is 1. The van der Waals surface area contributed by atoms with Gasteiger partial charge in [0, 0.05) is 0 Å². The smallest absolute Gasteiger partial charge is 0.228 e. The summed E-state index contributed by atoms with van der Waals surface area (Å²) >= 11 is 12.0. The van der Waals surface area contributed by atoms with Crippen LogP contribution in [-0.2, 0) is 17.8 Å². The number of anilines is 1. The van der Waals surface area contributed by atoms with Gasteiger partial charge in [0.2, 0.25) is 5.91 Å². The molecule has 0 aliphatic carbocycles. The highest BCUT2D eigenvalue weighted by Crippen LogP contribution is 2.25. The quantitative estimate of drug-likeness (QED) is 0.666. The third-order valence-corrected chi connectivity index (χ3v) is 4.91. The first-order valence-corrected chi connectivity index (χ1v) is 9.01. The third kappa shape index (κ3) is 4.26. The maximum Gasteiger partial charge on any atom is 0.228 e. The maximum atomic E-state index is 12.4. The van der Waals surface area contributed by atoms with Gasteiger partial charge in [0.25, 0.3) is 0 Å². The zero-order valence-electron chi connectivity index (χ0n) is 14.6. The molecule has 6 heteroatoms. The van der Waals surface area contributed by atoms with Gasteiger partial charge >= 0.3 is 0 Å². The Morgan fingerprint density at radius 1 is 1.04 bits per heavy atom. The molecule has 0 unspecified atom stereocenters. The number of halogens is 2. The molecule has 0 spiro atoms. The molecule has 1 N–H and O–H groups in total. The Balaban J connectivity index is 1.75. The Morgan fingerprint density at radius 2 is 1.77 bits per heavy atom. The van der Waals surface area contributed by atoms with E-state index >= 15 is 0 Å². The summed E-state index contributed by atoms with van der Waals surface area (Å²) in [6.07, 6.45) is 0.331. The number of nitrogens with zero attached hydrogens (tertiary/aromatic N) is 2. The first-order valence-electron chi connectivity index (χ1n) is 8.25. The minimum Gasteiger partial charge on any atom is -0.323 e. The molecule has 0 aliphatic heterocycles. The van der Waals surface area contributed by atoms with E-state index in [9.17, 15) is 4.79 Å². The number of aryl methyl sites for hydroxylation is 1. The van der Waals surface area contributed by atoms with Crippen LogP contribution < -0.4 is 5.32 Å². The Morgan fingerprint density at radius 3 is 2.46 bits per heavy atom. The highest BCUT2D eigenvalue weighted by atomic mass is 35.5. The van der Waals surface area contributed by atoms with Crippen molar-refractivity contribution < 1.29 is 4.79 Å². The predicted molar refractivity (Wildman–Crippen MR) is 106 cm³/mol. The molecule has 1 heterocycles. The van der Waals surface area contributed by atoms with Crippen molar-refractivity contribution >= 4 is 34.8 Å². The third-order valence-electron chi connectivity index (χ3n) is 4.17. The minimum absolute atomic E-state index is 0.0588. The fourth-order valence-corrected chi connectivity index (χ4v) is 3.13. The SMILES string of the molecule is Cc1nn(Cc2ccc(Cl)c(Cl)c2)c(C)c1NC(=O)Cc1ccccc1. The zero-order chi connectivity index (χ0) is 18.7. The molecule has 26 heavy (non-hydrogen) atoms. The van der Waals surface area contributed by atoms with Crippen molar-refractivity contribution in [2.24, 2.45) is 0 Å². The fourth-order valence-electron chi connectivity index (χ4n) is 2.81. The second kappa shape index (κ2) is 7.94. The number of hydrogen-bond donors (Lipinski definition) is 1. The molecule has 3 rings (SSSR count). The second-order valence-corrected chi connectivity index (χ2v) is 6.98. The van der Waals surface area contributed by atoms with Gasteiger partial charge in [-0.3, -0.25) is 9.48 Å². The van der Waals surface area contributed by atoms with E-state index in [0.717, 1.165) is 28.2 Å². The van der Waals surface area contributed by atoms with E-state index in [-0.39, 0.29) is 5.91 Å². The van der Waals surface area contributed by atoms with Gasteiger partial charge in [-0.05, 0) is 37.1 Å². The van der Waals surface area contributed by atoms with E-state index in [4.69, 9.17) is 23.2 Å². The molecule has 0 atom stereocenters. The van der Waals surface area contributed by atoms with Crippen molar-refractivity contribution in [3.63, 3.8) is 0 Å². The normalized spacial score (nSPS) is 10.8. The van der Waals surface area contributed by atoms with Gasteiger partial charge in [-0.25, -0.2) is 0 Å². The van der Waals surface area contributed by atoms with Crippen LogP contribution in [0.1, 0.15) is 22.5 Å². The number of nitrogens with one attached hydrogen (secondary N) is 1. The molecule has 1 amide bonds. The number of aromatic nitrogens is 2. The maximum absolute atomic E-state index is 12.4. The molecule has 0 aliphatic rings. The van der Waals surface area contributed by atoms with Gasteiger partial charge < -0.3 is 5.32 Å². The average Bonchev–Trinajstić information content (AvgIpc) is 2.86. The van der Waals surface area contributed by atoms with Crippen LogP contribution in [0.5, 0.6) is 0 Å². The van der Waals surface area contributed by atoms with Gasteiger partial charge in [0.05, 0.1) is 40.1 Å². The zero-order valence-corrected chi connectivity index (χ0v) is 16.1. The van der Waals surface area contributed by atoms with Gasteiger partial charge in [0.15, 0.2) is 0 Å². The minimum atomic E-state index is -0.0588. The molecule has 2 aromatic carbocycles. The van der Waals surface area contributed by atoms with Crippen molar-refractivity contribution in [1.82, 2.24) is 9.78 Å². The Labute approximate surface area is 162 Å². The highest BCUT2D eigenvalue weighted by Gasteiger charge is 2.15. The molecule has 0 saturated heterocycles. The Bertz CT molecular complexity index is 936. The number of rotatable bonds is 5. The number of carbonyl (C=O) groups excluding carboxylic acids is 1. The van der Waals surface area contributed by atoms with E-state index in [2.05, 4.69) is 10.4 Å². The summed E-state index contributed by atoms with van der Waals surface area (Å²) in [7, 11) is 0. The lowest BCUT2D eigenvalue weighted by molar-refractivity contribution is -0.115. The monoisotopic (exact) mass is 387 g/mol. The lowest BCUT2D eigenvalue weighted by Gasteiger charge is -2.08. The van der Waals surface area contributed by atoms with Crippen molar-refractivity contribution in [3.8, 4) is 0 Å². The molecular weight excluding hydrogens is 369 g/mol. The van der Waals surface area contributed by atoms with E-state index in [1.54, 1.807) is 6.07 Å². The van der Waals surface area contributed by atoms with Crippen LogP contribution >= 0.6 is 23.2 Å². The van der Waals surface area contributed by atoms with Crippen LogP contribution in [0.15, 0.2) is 48.5 Å². The molecule has 1 aromatic heterocycles. The highest BCUT2D eigenvalue weighted by molar-refractivity contribution is 6.42. The number of benzene rings is 2. The summed E-state index contributed by atoms with van der Waals surface area (Å²) in [6.45, 7) is 4.38. The molecule has 0 fully saturated rings. The van der Waals surface area contributed by atoms with Crippen LogP contribution in [0.4, 0.5) is 5.69 Å². The summed E-state index contributed by atoms with van der Waals surface area (Å²) in [5.41, 5.74) is 4.40. The Kier molecular flexibility index (Phi) is 5.64. The van der Waals surface area contributed by atoms with Gasteiger partial charge in [-0.15, -0.1) is 0 Å². The summed E-state index contributed by atoms with van der Waals surface area (Å²) in [4.78, 5) is 12.4. The van der Waals surface area contributed by atoms with E-state index < -0.39 is 0 Å². The lowest BCUT2D eigenvalue weighted by Crippen LogP contribution is -2.15.